The van der Waals surface area contributed by atoms with Gasteiger partial charge < -0.3 is 10.1 Å². The van der Waals surface area contributed by atoms with Crippen LogP contribution in [0.5, 0.6) is 5.88 Å². The highest BCUT2D eigenvalue weighted by molar-refractivity contribution is 6.30. The third-order valence-electron chi connectivity index (χ3n) is 2.79. The van der Waals surface area contributed by atoms with Crippen LogP contribution in [0.3, 0.4) is 0 Å². The summed E-state index contributed by atoms with van der Waals surface area (Å²) in [4.78, 5) is 3.80. The van der Waals surface area contributed by atoms with E-state index in [9.17, 15) is 13.2 Å². The van der Waals surface area contributed by atoms with Gasteiger partial charge in [0.25, 0.3) is 0 Å². The molecular weight excluding hydrogens is 331 g/mol. The largest absolute Gasteiger partial charge is 0.468 e. The maximum Gasteiger partial charge on any atom is 0.422 e. The molecule has 0 aliphatic heterocycles. The van der Waals surface area contributed by atoms with E-state index in [0.29, 0.717) is 21.8 Å². The zero-order valence-corrected chi connectivity index (χ0v) is 12.4. The molecule has 4 nitrogen and oxygen atoms in total. The lowest BCUT2D eigenvalue weighted by Gasteiger charge is -2.13. The van der Waals surface area contributed by atoms with E-state index in [1.807, 2.05) is 6.07 Å². The van der Waals surface area contributed by atoms with Crippen molar-refractivity contribution in [3.05, 3.63) is 52.7 Å². The molecule has 0 amide bonds. The Morgan fingerprint density at radius 1 is 1.30 bits per heavy atom. The zero-order chi connectivity index (χ0) is 16.9. The molecule has 2 aromatic rings. The minimum Gasteiger partial charge on any atom is -0.468 e. The number of hydrogen-bond donors (Lipinski definition) is 1. The minimum atomic E-state index is -4.44. The number of halogens is 4. The molecule has 0 fully saturated rings. The highest BCUT2D eigenvalue weighted by atomic mass is 35.5. The molecule has 0 radical (unpaired) electrons. The Morgan fingerprint density at radius 3 is 2.78 bits per heavy atom. The molecule has 1 heterocycles. The number of nitrogens with zero attached hydrogens (tertiary/aromatic N) is 2. The van der Waals surface area contributed by atoms with E-state index in [1.54, 1.807) is 24.3 Å². The van der Waals surface area contributed by atoms with Gasteiger partial charge in [-0.3, -0.25) is 0 Å². The number of hydrogen-bond acceptors (Lipinski definition) is 4. The molecule has 1 aromatic heterocycles. The van der Waals surface area contributed by atoms with E-state index in [2.05, 4.69) is 10.3 Å². The fourth-order valence-corrected chi connectivity index (χ4v) is 1.96. The van der Waals surface area contributed by atoms with Gasteiger partial charge in [0.15, 0.2) is 6.61 Å². The Morgan fingerprint density at radius 2 is 2.09 bits per heavy atom. The fourth-order valence-electron chi connectivity index (χ4n) is 1.79. The second-order valence-electron chi connectivity index (χ2n) is 4.53. The Labute approximate surface area is 135 Å². The number of benzene rings is 1. The van der Waals surface area contributed by atoms with E-state index < -0.39 is 12.8 Å². The van der Waals surface area contributed by atoms with Gasteiger partial charge >= 0.3 is 6.18 Å². The Hall–Kier alpha value is -2.46. The molecule has 0 aliphatic carbocycles. The van der Waals surface area contributed by atoms with Crippen LogP contribution in [0.2, 0.25) is 5.02 Å². The molecule has 8 heteroatoms. The summed E-state index contributed by atoms with van der Waals surface area (Å²) in [7, 11) is 0. The standard InChI is InChI=1S/C15H11ClF3N3O/c16-12-3-4-13(11(6-12)7-20)22-8-10-2-1-5-21-14(10)23-9-15(17,18)19/h1-6,22H,8-9H2. The summed E-state index contributed by atoms with van der Waals surface area (Å²) in [6, 6.07) is 9.89. The molecule has 2 rings (SSSR count). The van der Waals surface area contributed by atoms with Gasteiger partial charge in [-0.1, -0.05) is 17.7 Å². The average Bonchev–Trinajstić information content (AvgIpc) is 2.51. The topological polar surface area (TPSA) is 57.9 Å². The van der Waals surface area contributed by atoms with E-state index in [0.717, 1.165) is 0 Å². The number of pyridine rings is 1. The maximum atomic E-state index is 12.2. The lowest BCUT2D eigenvalue weighted by molar-refractivity contribution is -0.154. The SMILES string of the molecule is N#Cc1cc(Cl)ccc1NCc1cccnc1OCC(F)(F)F. The lowest BCUT2D eigenvalue weighted by Crippen LogP contribution is -2.20. The van der Waals surface area contributed by atoms with Gasteiger partial charge in [0.2, 0.25) is 5.88 Å². The van der Waals surface area contributed by atoms with Crippen molar-refractivity contribution < 1.29 is 17.9 Å². The third-order valence-corrected chi connectivity index (χ3v) is 3.03. The molecular formula is C15H11ClF3N3O. The van der Waals surface area contributed by atoms with Crippen molar-refractivity contribution >= 4 is 17.3 Å². The van der Waals surface area contributed by atoms with Gasteiger partial charge in [-0.15, -0.1) is 0 Å². The molecule has 0 unspecified atom stereocenters. The number of alkyl halides is 3. The van der Waals surface area contributed by atoms with Crippen LogP contribution in [0.15, 0.2) is 36.5 Å². The predicted octanol–water partition coefficient (Wildman–Crippen LogP) is 4.16. The van der Waals surface area contributed by atoms with Gasteiger partial charge in [-0.25, -0.2) is 4.98 Å². The second kappa shape index (κ2) is 7.20. The average molecular weight is 342 g/mol. The van der Waals surface area contributed by atoms with Gasteiger partial charge in [0, 0.05) is 23.3 Å². The van der Waals surface area contributed by atoms with Crippen LogP contribution in [0, 0.1) is 11.3 Å². The van der Waals surface area contributed by atoms with Gasteiger partial charge in [0.1, 0.15) is 6.07 Å². The number of nitriles is 1. The molecule has 0 saturated carbocycles. The van der Waals surface area contributed by atoms with Crippen LogP contribution in [-0.2, 0) is 6.54 Å². The van der Waals surface area contributed by atoms with E-state index in [-0.39, 0.29) is 12.4 Å². The predicted molar refractivity (Wildman–Crippen MR) is 79.3 cm³/mol. The first-order valence-corrected chi connectivity index (χ1v) is 6.84. The van der Waals surface area contributed by atoms with E-state index in [1.165, 1.54) is 12.3 Å². The number of nitrogens with one attached hydrogen (secondary N) is 1. The van der Waals surface area contributed by atoms with Crippen LogP contribution in [0.4, 0.5) is 18.9 Å². The second-order valence-corrected chi connectivity index (χ2v) is 4.96. The Balaban J connectivity index is 2.11. The van der Waals surface area contributed by atoms with Gasteiger partial charge in [-0.05, 0) is 24.3 Å². The molecule has 1 aromatic carbocycles. The number of anilines is 1. The highest BCUT2D eigenvalue weighted by Crippen LogP contribution is 2.23. The van der Waals surface area contributed by atoms with Crippen molar-refractivity contribution in [2.45, 2.75) is 12.7 Å². The van der Waals surface area contributed by atoms with Crippen molar-refractivity contribution in [3.63, 3.8) is 0 Å². The summed E-state index contributed by atoms with van der Waals surface area (Å²) >= 11 is 5.81. The quantitative estimate of drug-likeness (QED) is 0.887. The van der Waals surface area contributed by atoms with Gasteiger partial charge in [-0.2, -0.15) is 18.4 Å². The van der Waals surface area contributed by atoms with E-state index in [4.69, 9.17) is 21.6 Å². The minimum absolute atomic E-state index is 0.107. The maximum absolute atomic E-state index is 12.2. The molecule has 0 atom stereocenters. The molecule has 0 saturated heterocycles. The van der Waals surface area contributed by atoms with Crippen LogP contribution >= 0.6 is 11.6 Å². The molecule has 1 N–H and O–H groups in total. The Bertz CT molecular complexity index is 729. The van der Waals surface area contributed by atoms with Crippen LogP contribution in [0.1, 0.15) is 11.1 Å². The smallest absolute Gasteiger partial charge is 0.422 e. The lowest BCUT2D eigenvalue weighted by atomic mass is 10.2. The third kappa shape index (κ3) is 5.04. The molecule has 0 spiro atoms. The molecule has 0 bridgehead atoms. The van der Waals surface area contributed by atoms with Crippen LogP contribution < -0.4 is 10.1 Å². The first-order chi connectivity index (χ1) is 10.9. The summed E-state index contributed by atoms with van der Waals surface area (Å²) in [5.41, 5.74) is 1.29. The van der Waals surface area contributed by atoms with Crippen molar-refractivity contribution in [2.75, 3.05) is 11.9 Å². The van der Waals surface area contributed by atoms with Gasteiger partial charge in [0.05, 0.1) is 11.3 Å². The first kappa shape index (κ1) is 16.9. The summed E-state index contributed by atoms with van der Waals surface area (Å²) in [5.74, 6) is -0.107. The molecule has 120 valence electrons. The summed E-state index contributed by atoms with van der Waals surface area (Å²) in [6.07, 6.45) is -3.09. The van der Waals surface area contributed by atoms with Crippen molar-refractivity contribution in [1.29, 1.82) is 5.26 Å². The molecule has 23 heavy (non-hydrogen) atoms. The number of aromatic nitrogens is 1. The Kier molecular flexibility index (Phi) is 5.29. The summed E-state index contributed by atoms with van der Waals surface area (Å²) < 4.78 is 41.4. The fraction of sp³-hybridized carbons (Fsp3) is 0.200. The van der Waals surface area contributed by atoms with Crippen LogP contribution in [-0.4, -0.2) is 17.8 Å². The monoisotopic (exact) mass is 341 g/mol. The summed E-state index contributed by atoms with van der Waals surface area (Å²) in [6.45, 7) is -1.27. The normalized spacial score (nSPS) is 10.9. The first-order valence-electron chi connectivity index (χ1n) is 6.46. The number of rotatable bonds is 5. The van der Waals surface area contributed by atoms with Crippen molar-refractivity contribution in [3.8, 4) is 11.9 Å². The number of ether oxygens (including phenoxy) is 1. The summed E-state index contributed by atoms with van der Waals surface area (Å²) in [5, 5.41) is 12.4. The highest BCUT2D eigenvalue weighted by Gasteiger charge is 2.29. The van der Waals surface area contributed by atoms with Crippen LogP contribution in [0.25, 0.3) is 0 Å². The molecule has 0 aliphatic rings. The van der Waals surface area contributed by atoms with E-state index >= 15 is 0 Å². The van der Waals surface area contributed by atoms with Crippen molar-refractivity contribution in [2.24, 2.45) is 0 Å². The zero-order valence-electron chi connectivity index (χ0n) is 11.7. The van der Waals surface area contributed by atoms with Crippen molar-refractivity contribution in [1.82, 2.24) is 4.98 Å².